The molecule has 1 atom stereocenters. The first-order chi connectivity index (χ1) is 11.8. The quantitative estimate of drug-likeness (QED) is 0.634. The van der Waals surface area contributed by atoms with Gasteiger partial charge in [-0.25, -0.2) is 4.79 Å². The summed E-state index contributed by atoms with van der Waals surface area (Å²) in [6, 6.07) is 4.99. The van der Waals surface area contributed by atoms with E-state index < -0.39 is 29.5 Å². The predicted molar refractivity (Wildman–Crippen MR) is 89.0 cm³/mol. The Balaban J connectivity index is 2.45. The van der Waals surface area contributed by atoms with Crippen LogP contribution in [0.5, 0.6) is 0 Å². The van der Waals surface area contributed by atoms with E-state index in [1.54, 1.807) is 0 Å². The second-order valence-corrected chi connectivity index (χ2v) is 6.54. The molecule has 2 rings (SSSR count). The number of esters is 1. The zero-order chi connectivity index (χ0) is 18.6. The molecule has 1 aliphatic heterocycles. The smallest absolute Gasteiger partial charge is 0.416 e. The first kappa shape index (κ1) is 19.4. The molecule has 0 aliphatic carbocycles. The molecule has 1 heterocycles. The molecule has 0 fully saturated rings. The van der Waals surface area contributed by atoms with E-state index in [1.807, 2.05) is 6.26 Å². The molecule has 4 nitrogen and oxygen atoms in total. The predicted octanol–water partition coefficient (Wildman–Crippen LogP) is 3.49. The highest BCUT2D eigenvalue weighted by atomic mass is 32.2. The van der Waals surface area contributed by atoms with Crippen LogP contribution in [-0.4, -0.2) is 30.5 Å². The van der Waals surface area contributed by atoms with E-state index in [0.717, 1.165) is 6.07 Å². The summed E-state index contributed by atoms with van der Waals surface area (Å²) in [6.45, 7) is 1.64. The molecule has 8 heteroatoms. The molecule has 1 N–H and O–H groups in total. The van der Waals surface area contributed by atoms with E-state index in [1.165, 1.54) is 36.9 Å². The van der Waals surface area contributed by atoms with Crippen molar-refractivity contribution in [2.24, 2.45) is 0 Å². The number of carbonyl (C=O) groups is 2. The van der Waals surface area contributed by atoms with Crippen molar-refractivity contribution in [1.82, 2.24) is 5.32 Å². The van der Waals surface area contributed by atoms with E-state index in [2.05, 4.69) is 5.32 Å². The fraction of sp³-hybridized carbons (Fsp3) is 0.412. The zero-order valence-electron chi connectivity index (χ0n) is 13.8. The SMILES string of the molecule is CSCCOC(=O)C1=C(C)NC(=O)CC1c1ccccc1C(F)(F)F. The van der Waals surface area contributed by atoms with Gasteiger partial charge in [-0.1, -0.05) is 18.2 Å². The zero-order valence-corrected chi connectivity index (χ0v) is 14.6. The van der Waals surface area contributed by atoms with Crippen LogP contribution in [-0.2, 0) is 20.5 Å². The van der Waals surface area contributed by atoms with E-state index >= 15 is 0 Å². The fourth-order valence-electron chi connectivity index (χ4n) is 2.79. The number of carbonyl (C=O) groups excluding carboxylic acids is 2. The van der Waals surface area contributed by atoms with Gasteiger partial charge in [0.25, 0.3) is 0 Å². The van der Waals surface area contributed by atoms with Crippen molar-refractivity contribution in [3.05, 3.63) is 46.7 Å². The van der Waals surface area contributed by atoms with Gasteiger partial charge in [0, 0.05) is 23.8 Å². The van der Waals surface area contributed by atoms with Crippen molar-refractivity contribution in [1.29, 1.82) is 0 Å². The molecule has 1 amide bonds. The van der Waals surface area contributed by atoms with Crippen LogP contribution in [0.15, 0.2) is 35.5 Å². The summed E-state index contributed by atoms with van der Waals surface area (Å²) in [4.78, 5) is 24.3. The summed E-state index contributed by atoms with van der Waals surface area (Å²) in [5.41, 5.74) is -0.650. The number of benzene rings is 1. The normalized spacial score (nSPS) is 18.1. The number of rotatable bonds is 5. The third kappa shape index (κ3) is 4.56. The number of amides is 1. The van der Waals surface area contributed by atoms with Crippen LogP contribution in [0, 0.1) is 0 Å². The van der Waals surface area contributed by atoms with Crippen molar-refractivity contribution in [2.75, 3.05) is 18.6 Å². The summed E-state index contributed by atoms with van der Waals surface area (Å²) in [5.74, 6) is -1.55. The minimum atomic E-state index is -4.58. The summed E-state index contributed by atoms with van der Waals surface area (Å²) < 4.78 is 45.2. The van der Waals surface area contributed by atoms with Crippen LogP contribution in [0.1, 0.15) is 30.4 Å². The van der Waals surface area contributed by atoms with Gasteiger partial charge in [-0.3, -0.25) is 4.79 Å². The highest BCUT2D eigenvalue weighted by Crippen LogP contribution is 2.41. The molecule has 0 saturated heterocycles. The lowest BCUT2D eigenvalue weighted by Crippen LogP contribution is -2.35. The molecule has 0 saturated carbocycles. The number of alkyl halides is 3. The maximum absolute atomic E-state index is 13.3. The van der Waals surface area contributed by atoms with Gasteiger partial charge in [0.1, 0.15) is 6.61 Å². The molecular weight excluding hydrogens is 355 g/mol. The standard InChI is InChI=1S/C17H18F3NO3S/c1-10-15(16(23)24-7-8-25-2)12(9-14(22)21-10)11-5-3-4-6-13(11)17(18,19)20/h3-6,12H,7-9H2,1-2H3,(H,21,22). The lowest BCUT2D eigenvalue weighted by Gasteiger charge is -2.28. The number of ether oxygens (including phenoxy) is 1. The van der Waals surface area contributed by atoms with Gasteiger partial charge >= 0.3 is 12.1 Å². The topological polar surface area (TPSA) is 55.4 Å². The van der Waals surface area contributed by atoms with Crippen LogP contribution < -0.4 is 5.32 Å². The molecule has 1 unspecified atom stereocenters. The Morgan fingerprint density at radius 3 is 2.68 bits per heavy atom. The Labute approximate surface area is 147 Å². The summed E-state index contributed by atoms with van der Waals surface area (Å²) >= 11 is 1.48. The fourth-order valence-corrected chi connectivity index (χ4v) is 3.04. The maximum Gasteiger partial charge on any atom is 0.416 e. The van der Waals surface area contributed by atoms with Gasteiger partial charge in [0.2, 0.25) is 5.91 Å². The number of thioether (sulfide) groups is 1. The van der Waals surface area contributed by atoms with Gasteiger partial charge in [-0.2, -0.15) is 24.9 Å². The van der Waals surface area contributed by atoms with Gasteiger partial charge in [-0.15, -0.1) is 0 Å². The lowest BCUT2D eigenvalue weighted by molar-refractivity contribution is -0.141. The molecule has 0 radical (unpaired) electrons. The van der Waals surface area contributed by atoms with E-state index in [9.17, 15) is 22.8 Å². The Hall–Kier alpha value is -1.96. The van der Waals surface area contributed by atoms with Crippen molar-refractivity contribution < 1.29 is 27.5 Å². The number of halogens is 3. The lowest BCUT2D eigenvalue weighted by atomic mass is 9.82. The first-order valence-corrected chi connectivity index (χ1v) is 8.98. The Kier molecular flexibility index (Phi) is 6.16. The molecule has 1 aromatic carbocycles. The second-order valence-electron chi connectivity index (χ2n) is 5.56. The third-order valence-corrected chi connectivity index (χ3v) is 4.43. The monoisotopic (exact) mass is 373 g/mol. The molecule has 1 aromatic rings. The second kappa shape index (κ2) is 7.95. The van der Waals surface area contributed by atoms with Crippen molar-refractivity contribution in [3.63, 3.8) is 0 Å². The van der Waals surface area contributed by atoms with Crippen LogP contribution in [0.2, 0.25) is 0 Å². The van der Waals surface area contributed by atoms with E-state index in [4.69, 9.17) is 4.74 Å². The largest absolute Gasteiger partial charge is 0.461 e. The summed E-state index contributed by atoms with van der Waals surface area (Å²) in [6.07, 6.45) is -2.97. The van der Waals surface area contributed by atoms with Gasteiger partial charge in [0.15, 0.2) is 0 Å². The first-order valence-electron chi connectivity index (χ1n) is 7.58. The van der Waals surface area contributed by atoms with Crippen LogP contribution >= 0.6 is 11.8 Å². The van der Waals surface area contributed by atoms with Crippen LogP contribution in [0.4, 0.5) is 13.2 Å². The highest BCUT2D eigenvalue weighted by Gasteiger charge is 2.39. The molecule has 0 spiro atoms. The van der Waals surface area contributed by atoms with Gasteiger partial charge in [-0.05, 0) is 24.8 Å². The van der Waals surface area contributed by atoms with Crippen molar-refractivity contribution in [2.45, 2.75) is 25.4 Å². The minimum absolute atomic E-state index is 0.0670. The molecular formula is C17H18F3NO3S. The minimum Gasteiger partial charge on any atom is -0.461 e. The number of hydrogen-bond acceptors (Lipinski definition) is 4. The summed E-state index contributed by atoms with van der Waals surface area (Å²) in [7, 11) is 0. The Morgan fingerprint density at radius 2 is 2.04 bits per heavy atom. The number of hydrogen-bond donors (Lipinski definition) is 1. The number of nitrogens with one attached hydrogen (secondary N) is 1. The summed E-state index contributed by atoms with van der Waals surface area (Å²) in [5, 5.41) is 2.51. The van der Waals surface area contributed by atoms with Gasteiger partial charge in [0.05, 0.1) is 11.1 Å². The van der Waals surface area contributed by atoms with Crippen LogP contribution in [0.3, 0.4) is 0 Å². The Morgan fingerprint density at radius 1 is 1.36 bits per heavy atom. The average molecular weight is 373 g/mol. The van der Waals surface area contributed by atoms with Gasteiger partial charge < -0.3 is 10.1 Å². The maximum atomic E-state index is 13.3. The highest BCUT2D eigenvalue weighted by molar-refractivity contribution is 7.98. The van der Waals surface area contributed by atoms with Crippen molar-refractivity contribution >= 4 is 23.6 Å². The molecule has 136 valence electrons. The van der Waals surface area contributed by atoms with Crippen molar-refractivity contribution in [3.8, 4) is 0 Å². The van der Waals surface area contributed by atoms with E-state index in [-0.39, 0.29) is 29.9 Å². The Bertz CT molecular complexity index is 701. The van der Waals surface area contributed by atoms with E-state index in [0.29, 0.717) is 5.75 Å². The molecule has 25 heavy (non-hydrogen) atoms. The van der Waals surface area contributed by atoms with Crippen LogP contribution in [0.25, 0.3) is 0 Å². The number of allylic oxidation sites excluding steroid dienone is 1. The molecule has 1 aliphatic rings. The molecule has 0 aromatic heterocycles. The molecule has 0 bridgehead atoms. The average Bonchev–Trinajstić information content (AvgIpc) is 2.53. The third-order valence-electron chi connectivity index (χ3n) is 3.85.